The Hall–Kier alpha value is -2.63. The first-order valence-corrected chi connectivity index (χ1v) is 6.03. The van der Waals surface area contributed by atoms with Crippen molar-refractivity contribution in [3.63, 3.8) is 0 Å². The number of aromatic nitrogens is 1. The Kier molecular flexibility index (Phi) is 3.84. The molecular formula is C14H14N2O4. The van der Waals surface area contributed by atoms with E-state index < -0.39 is 17.9 Å². The molecule has 0 aliphatic heterocycles. The van der Waals surface area contributed by atoms with Crippen molar-refractivity contribution in [2.75, 3.05) is 7.05 Å². The molecule has 1 unspecified atom stereocenters. The lowest BCUT2D eigenvalue weighted by molar-refractivity contribution is -0.141. The summed E-state index contributed by atoms with van der Waals surface area (Å²) in [5.74, 6) is -1.11. The van der Waals surface area contributed by atoms with Crippen molar-refractivity contribution in [2.24, 2.45) is 0 Å². The zero-order chi connectivity index (χ0) is 14.7. The van der Waals surface area contributed by atoms with E-state index in [1.165, 1.54) is 20.0 Å². The van der Waals surface area contributed by atoms with Crippen LogP contribution in [0, 0.1) is 0 Å². The van der Waals surface area contributed by atoms with Gasteiger partial charge in [0, 0.05) is 18.7 Å². The van der Waals surface area contributed by atoms with E-state index in [0.717, 1.165) is 10.5 Å². The van der Waals surface area contributed by atoms with Gasteiger partial charge in [0.2, 0.25) is 0 Å². The first kappa shape index (κ1) is 13.8. The summed E-state index contributed by atoms with van der Waals surface area (Å²) in [5.41, 5.74) is 0.882. The van der Waals surface area contributed by atoms with Gasteiger partial charge in [0.25, 0.3) is 5.91 Å². The second-order valence-electron chi connectivity index (χ2n) is 4.37. The van der Waals surface area contributed by atoms with E-state index >= 15 is 0 Å². The predicted molar refractivity (Wildman–Crippen MR) is 71.1 cm³/mol. The van der Waals surface area contributed by atoms with Gasteiger partial charge in [-0.25, -0.2) is 4.79 Å². The molecule has 1 atom stereocenters. The quantitative estimate of drug-likeness (QED) is 0.920. The van der Waals surface area contributed by atoms with Gasteiger partial charge < -0.3 is 14.5 Å². The van der Waals surface area contributed by atoms with Crippen molar-refractivity contribution in [1.29, 1.82) is 0 Å². The van der Waals surface area contributed by atoms with E-state index in [2.05, 4.69) is 5.16 Å². The number of benzene rings is 1. The number of amides is 1. The van der Waals surface area contributed by atoms with E-state index in [-0.39, 0.29) is 5.69 Å². The molecule has 2 rings (SSSR count). The second kappa shape index (κ2) is 5.56. The van der Waals surface area contributed by atoms with Gasteiger partial charge >= 0.3 is 5.97 Å². The molecule has 6 heteroatoms. The van der Waals surface area contributed by atoms with Crippen molar-refractivity contribution < 1.29 is 19.2 Å². The third-order valence-electron chi connectivity index (χ3n) is 3.05. The highest BCUT2D eigenvalue weighted by atomic mass is 16.5. The zero-order valence-corrected chi connectivity index (χ0v) is 11.1. The zero-order valence-electron chi connectivity index (χ0n) is 11.1. The van der Waals surface area contributed by atoms with Gasteiger partial charge in [0.1, 0.15) is 6.04 Å². The van der Waals surface area contributed by atoms with Crippen LogP contribution in [0.3, 0.4) is 0 Å². The number of hydrogen-bond acceptors (Lipinski definition) is 4. The molecule has 1 amide bonds. The van der Waals surface area contributed by atoms with Gasteiger partial charge in [-0.1, -0.05) is 35.5 Å². The lowest BCUT2D eigenvalue weighted by Crippen LogP contribution is -2.40. The molecule has 1 aromatic heterocycles. The van der Waals surface area contributed by atoms with Crippen molar-refractivity contribution in [2.45, 2.75) is 13.0 Å². The summed E-state index contributed by atoms with van der Waals surface area (Å²) in [6.45, 7) is 1.43. The number of carboxylic acid groups (broad SMARTS) is 1. The van der Waals surface area contributed by atoms with Gasteiger partial charge in [0.15, 0.2) is 11.5 Å². The molecule has 1 aromatic carbocycles. The van der Waals surface area contributed by atoms with E-state index in [1.807, 2.05) is 30.3 Å². The molecule has 104 valence electrons. The molecule has 0 saturated carbocycles. The fourth-order valence-electron chi connectivity index (χ4n) is 1.64. The Labute approximate surface area is 115 Å². The van der Waals surface area contributed by atoms with Crippen LogP contribution in [0.15, 0.2) is 40.9 Å². The van der Waals surface area contributed by atoms with Gasteiger partial charge in [-0.15, -0.1) is 0 Å². The smallest absolute Gasteiger partial charge is 0.326 e. The molecule has 1 N–H and O–H groups in total. The SMILES string of the molecule is CC(C(=O)O)N(C)C(=O)c1cc(-c2ccccc2)on1. The minimum atomic E-state index is -1.08. The lowest BCUT2D eigenvalue weighted by Gasteiger charge is -2.19. The molecule has 6 nitrogen and oxygen atoms in total. The molecule has 0 saturated heterocycles. The highest BCUT2D eigenvalue weighted by molar-refractivity contribution is 5.95. The van der Waals surface area contributed by atoms with Crippen LogP contribution < -0.4 is 0 Å². The predicted octanol–water partition coefficient (Wildman–Crippen LogP) is 1.89. The first-order chi connectivity index (χ1) is 9.50. The number of likely N-dealkylation sites (N-methyl/N-ethyl adjacent to an activating group) is 1. The molecule has 2 aromatic rings. The highest BCUT2D eigenvalue weighted by Crippen LogP contribution is 2.20. The standard InChI is InChI=1S/C14H14N2O4/c1-9(14(18)19)16(2)13(17)11-8-12(20-15-11)10-6-4-3-5-7-10/h3-9H,1-2H3,(H,18,19). The maximum Gasteiger partial charge on any atom is 0.326 e. The minimum Gasteiger partial charge on any atom is -0.480 e. The van der Waals surface area contributed by atoms with Crippen LogP contribution in [0.25, 0.3) is 11.3 Å². The van der Waals surface area contributed by atoms with Crippen molar-refractivity contribution >= 4 is 11.9 Å². The topological polar surface area (TPSA) is 83.6 Å². The van der Waals surface area contributed by atoms with Crippen molar-refractivity contribution in [3.8, 4) is 11.3 Å². The molecule has 0 aliphatic carbocycles. The minimum absolute atomic E-state index is 0.0828. The van der Waals surface area contributed by atoms with Crippen LogP contribution in [-0.4, -0.2) is 40.1 Å². The van der Waals surface area contributed by atoms with E-state index in [9.17, 15) is 9.59 Å². The first-order valence-electron chi connectivity index (χ1n) is 6.03. The maximum absolute atomic E-state index is 12.1. The van der Waals surface area contributed by atoms with Gasteiger partial charge in [-0.3, -0.25) is 4.79 Å². The average Bonchev–Trinajstić information content (AvgIpc) is 2.95. The van der Waals surface area contributed by atoms with Crippen LogP contribution in [0.2, 0.25) is 0 Å². The number of nitrogens with zero attached hydrogens (tertiary/aromatic N) is 2. The number of rotatable bonds is 4. The van der Waals surface area contributed by atoms with Crippen LogP contribution in [-0.2, 0) is 4.79 Å². The van der Waals surface area contributed by atoms with Crippen LogP contribution >= 0.6 is 0 Å². The van der Waals surface area contributed by atoms with E-state index in [4.69, 9.17) is 9.63 Å². The molecule has 0 radical (unpaired) electrons. The third-order valence-corrected chi connectivity index (χ3v) is 3.05. The van der Waals surface area contributed by atoms with E-state index in [0.29, 0.717) is 5.76 Å². The highest BCUT2D eigenvalue weighted by Gasteiger charge is 2.25. The number of aliphatic carboxylic acids is 1. The maximum atomic E-state index is 12.1. The number of carbonyl (C=O) groups is 2. The molecular weight excluding hydrogens is 260 g/mol. The summed E-state index contributed by atoms with van der Waals surface area (Å²) in [4.78, 5) is 24.0. The Morgan fingerprint density at radius 2 is 1.95 bits per heavy atom. The second-order valence-corrected chi connectivity index (χ2v) is 4.37. The Balaban J connectivity index is 2.21. The summed E-state index contributed by atoms with van der Waals surface area (Å²) < 4.78 is 5.12. The third kappa shape index (κ3) is 2.69. The molecule has 0 aliphatic rings. The lowest BCUT2D eigenvalue weighted by atomic mass is 10.1. The normalized spacial score (nSPS) is 11.9. The monoisotopic (exact) mass is 274 g/mol. The Morgan fingerprint density at radius 1 is 1.30 bits per heavy atom. The van der Waals surface area contributed by atoms with Crippen LogP contribution in [0.1, 0.15) is 17.4 Å². The largest absolute Gasteiger partial charge is 0.480 e. The summed E-state index contributed by atoms with van der Waals surface area (Å²) in [6.07, 6.45) is 0. The summed E-state index contributed by atoms with van der Waals surface area (Å²) in [5, 5.41) is 12.6. The fraction of sp³-hybridized carbons (Fsp3) is 0.214. The molecule has 20 heavy (non-hydrogen) atoms. The molecule has 0 spiro atoms. The molecule has 0 bridgehead atoms. The Bertz CT molecular complexity index is 621. The number of hydrogen-bond donors (Lipinski definition) is 1. The number of carboxylic acids is 1. The Morgan fingerprint density at radius 3 is 2.55 bits per heavy atom. The molecule has 0 fully saturated rings. The van der Waals surface area contributed by atoms with E-state index in [1.54, 1.807) is 0 Å². The van der Waals surface area contributed by atoms with Crippen molar-refractivity contribution in [3.05, 3.63) is 42.1 Å². The summed E-state index contributed by atoms with van der Waals surface area (Å²) in [7, 11) is 1.41. The van der Waals surface area contributed by atoms with Crippen molar-refractivity contribution in [1.82, 2.24) is 10.1 Å². The van der Waals surface area contributed by atoms with Gasteiger partial charge in [-0.2, -0.15) is 0 Å². The summed E-state index contributed by atoms with van der Waals surface area (Å²) in [6, 6.07) is 9.79. The number of carbonyl (C=O) groups excluding carboxylic acids is 1. The van der Waals surface area contributed by atoms with Gasteiger partial charge in [-0.05, 0) is 6.92 Å². The summed E-state index contributed by atoms with van der Waals surface area (Å²) >= 11 is 0. The fourth-order valence-corrected chi connectivity index (χ4v) is 1.64. The molecule has 1 heterocycles. The average molecular weight is 274 g/mol. The van der Waals surface area contributed by atoms with Gasteiger partial charge in [0.05, 0.1) is 0 Å². The van der Waals surface area contributed by atoms with Crippen LogP contribution in [0.5, 0.6) is 0 Å². The van der Waals surface area contributed by atoms with Crippen LogP contribution in [0.4, 0.5) is 0 Å².